The molecule has 2 rings (SSSR count). The predicted molar refractivity (Wildman–Crippen MR) is 58.8 cm³/mol. The summed E-state index contributed by atoms with van der Waals surface area (Å²) in [5.74, 6) is 0.774. The summed E-state index contributed by atoms with van der Waals surface area (Å²) in [7, 11) is 0. The van der Waals surface area contributed by atoms with Crippen LogP contribution in [0, 0.1) is 6.92 Å². The van der Waals surface area contributed by atoms with Gasteiger partial charge in [-0.15, -0.1) is 0 Å². The van der Waals surface area contributed by atoms with Crippen molar-refractivity contribution in [2.24, 2.45) is 0 Å². The Morgan fingerprint density at radius 2 is 1.80 bits per heavy atom. The zero-order valence-electron chi connectivity index (χ0n) is 9.27. The normalized spacial score (nSPS) is 20.3. The molecule has 4 nitrogen and oxygen atoms in total. The monoisotopic (exact) mass is 207 g/mol. The average molecular weight is 207 g/mol. The lowest BCUT2D eigenvalue weighted by Gasteiger charge is -2.35. The summed E-state index contributed by atoms with van der Waals surface area (Å²) >= 11 is 0. The molecule has 0 saturated carbocycles. The van der Waals surface area contributed by atoms with E-state index in [2.05, 4.69) is 14.9 Å². The van der Waals surface area contributed by atoms with Crippen LogP contribution in [-0.4, -0.2) is 33.8 Å². The van der Waals surface area contributed by atoms with Gasteiger partial charge in [0.1, 0.15) is 0 Å². The van der Waals surface area contributed by atoms with Gasteiger partial charge in [-0.05, 0) is 32.3 Å². The first-order valence-corrected chi connectivity index (χ1v) is 5.33. The Bertz CT molecular complexity index is 324. The Morgan fingerprint density at radius 1 is 1.27 bits per heavy atom. The van der Waals surface area contributed by atoms with Crippen LogP contribution in [0.5, 0.6) is 0 Å². The molecular formula is C11H17N3O. The fraction of sp³-hybridized carbons (Fsp3) is 0.636. The number of hydrogen-bond acceptors (Lipinski definition) is 4. The minimum absolute atomic E-state index is 0.513. The lowest BCUT2D eigenvalue weighted by molar-refractivity contribution is 0.0349. The highest BCUT2D eigenvalue weighted by molar-refractivity contribution is 5.30. The van der Waals surface area contributed by atoms with Crippen LogP contribution < -0.4 is 4.90 Å². The standard InChI is InChI=1S/C11H17N3O/c1-9-7-12-10(13-8-9)14-5-3-11(2,15)4-6-14/h7-8,15H,3-6H2,1-2H3. The molecule has 2 heterocycles. The minimum atomic E-state index is -0.513. The van der Waals surface area contributed by atoms with Crippen LogP contribution in [-0.2, 0) is 0 Å². The summed E-state index contributed by atoms with van der Waals surface area (Å²) in [6.45, 7) is 5.53. The molecule has 1 fully saturated rings. The molecule has 0 aromatic carbocycles. The third kappa shape index (κ3) is 2.45. The van der Waals surface area contributed by atoms with Gasteiger partial charge in [-0.3, -0.25) is 0 Å². The number of nitrogens with zero attached hydrogens (tertiary/aromatic N) is 3. The van der Waals surface area contributed by atoms with Gasteiger partial charge in [0.05, 0.1) is 5.60 Å². The van der Waals surface area contributed by atoms with E-state index in [9.17, 15) is 5.11 Å². The van der Waals surface area contributed by atoms with Crippen molar-refractivity contribution in [3.63, 3.8) is 0 Å². The van der Waals surface area contributed by atoms with Crippen molar-refractivity contribution in [2.45, 2.75) is 32.3 Å². The summed E-state index contributed by atoms with van der Waals surface area (Å²) in [5, 5.41) is 9.82. The Labute approximate surface area is 90.0 Å². The van der Waals surface area contributed by atoms with Crippen LogP contribution in [0.2, 0.25) is 0 Å². The van der Waals surface area contributed by atoms with E-state index in [0.717, 1.165) is 37.4 Å². The Morgan fingerprint density at radius 3 is 2.33 bits per heavy atom. The van der Waals surface area contributed by atoms with Gasteiger partial charge < -0.3 is 10.0 Å². The summed E-state index contributed by atoms with van der Waals surface area (Å²) < 4.78 is 0. The predicted octanol–water partition coefficient (Wildman–Crippen LogP) is 1.14. The van der Waals surface area contributed by atoms with Gasteiger partial charge in [-0.1, -0.05) is 0 Å². The zero-order chi connectivity index (χ0) is 10.9. The molecule has 1 aliphatic heterocycles. The smallest absolute Gasteiger partial charge is 0.225 e. The molecule has 1 aromatic rings. The van der Waals surface area contributed by atoms with Crippen molar-refractivity contribution in [3.8, 4) is 0 Å². The van der Waals surface area contributed by atoms with Gasteiger partial charge in [0.2, 0.25) is 5.95 Å². The quantitative estimate of drug-likeness (QED) is 0.750. The molecule has 0 radical (unpaired) electrons. The number of hydrogen-bond donors (Lipinski definition) is 1. The molecular weight excluding hydrogens is 190 g/mol. The highest BCUT2D eigenvalue weighted by Gasteiger charge is 2.28. The van der Waals surface area contributed by atoms with Crippen molar-refractivity contribution >= 4 is 5.95 Å². The number of aryl methyl sites for hydroxylation is 1. The van der Waals surface area contributed by atoms with Gasteiger partial charge >= 0.3 is 0 Å². The molecule has 4 heteroatoms. The minimum Gasteiger partial charge on any atom is -0.390 e. The highest BCUT2D eigenvalue weighted by Crippen LogP contribution is 2.23. The van der Waals surface area contributed by atoms with E-state index < -0.39 is 5.60 Å². The van der Waals surface area contributed by atoms with Gasteiger partial charge in [0.25, 0.3) is 0 Å². The Hall–Kier alpha value is -1.16. The molecule has 0 amide bonds. The van der Waals surface area contributed by atoms with Crippen LogP contribution in [0.15, 0.2) is 12.4 Å². The van der Waals surface area contributed by atoms with Crippen LogP contribution in [0.25, 0.3) is 0 Å². The molecule has 1 aliphatic rings. The molecule has 0 spiro atoms. The zero-order valence-corrected chi connectivity index (χ0v) is 9.27. The fourth-order valence-corrected chi connectivity index (χ4v) is 1.74. The first-order valence-electron chi connectivity index (χ1n) is 5.33. The van der Waals surface area contributed by atoms with Crippen molar-refractivity contribution in [1.29, 1.82) is 0 Å². The van der Waals surface area contributed by atoms with Crippen molar-refractivity contribution in [2.75, 3.05) is 18.0 Å². The topological polar surface area (TPSA) is 49.2 Å². The van der Waals surface area contributed by atoms with Crippen molar-refractivity contribution < 1.29 is 5.11 Å². The molecule has 0 aliphatic carbocycles. The third-order valence-electron chi connectivity index (χ3n) is 2.89. The fourth-order valence-electron chi connectivity index (χ4n) is 1.74. The number of rotatable bonds is 1. The van der Waals surface area contributed by atoms with Crippen molar-refractivity contribution in [3.05, 3.63) is 18.0 Å². The summed E-state index contributed by atoms with van der Waals surface area (Å²) in [6, 6.07) is 0. The van der Waals surface area contributed by atoms with E-state index in [-0.39, 0.29) is 0 Å². The van der Waals surface area contributed by atoms with E-state index in [4.69, 9.17) is 0 Å². The second-order valence-electron chi connectivity index (χ2n) is 4.54. The summed E-state index contributed by atoms with van der Waals surface area (Å²) in [4.78, 5) is 10.7. The first kappa shape index (κ1) is 10.4. The average Bonchev–Trinajstić information content (AvgIpc) is 2.20. The third-order valence-corrected chi connectivity index (χ3v) is 2.89. The summed E-state index contributed by atoms with van der Waals surface area (Å²) in [5.41, 5.74) is 0.559. The lowest BCUT2D eigenvalue weighted by atomic mass is 9.94. The Balaban J connectivity index is 2.04. The van der Waals surface area contributed by atoms with Crippen LogP contribution in [0.4, 0.5) is 5.95 Å². The van der Waals surface area contributed by atoms with Gasteiger partial charge in [0, 0.05) is 25.5 Å². The van der Waals surface area contributed by atoms with Gasteiger partial charge in [-0.2, -0.15) is 0 Å². The molecule has 0 atom stereocenters. The van der Waals surface area contributed by atoms with Crippen LogP contribution in [0.3, 0.4) is 0 Å². The van der Waals surface area contributed by atoms with Crippen LogP contribution in [0.1, 0.15) is 25.3 Å². The number of anilines is 1. The lowest BCUT2D eigenvalue weighted by Crippen LogP contribution is -2.43. The van der Waals surface area contributed by atoms with Crippen LogP contribution >= 0.6 is 0 Å². The van der Waals surface area contributed by atoms with E-state index in [1.807, 2.05) is 26.2 Å². The SMILES string of the molecule is Cc1cnc(N2CCC(C)(O)CC2)nc1. The van der Waals surface area contributed by atoms with Gasteiger partial charge in [-0.25, -0.2) is 9.97 Å². The van der Waals surface area contributed by atoms with E-state index in [0.29, 0.717) is 0 Å². The summed E-state index contributed by atoms with van der Waals surface area (Å²) in [6.07, 6.45) is 5.22. The number of piperidine rings is 1. The molecule has 0 unspecified atom stereocenters. The first-order chi connectivity index (χ1) is 7.07. The second kappa shape index (κ2) is 3.77. The molecule has 15 heavy (non-hydrogen) atoms. The maximum Gasteiger partial charge on any atom is 0.225 e. The maximum absolute atomic E-state index is 9.82. The van der Waals surface area contributed by atoms with Crippen molar-refractivity contribution in [1.82, 2.24) is 9.97 Å². The molecule has 1 saturated heterocycles. The molecule has 1 aromatic heterocycles. The molecule has 82 valence electrons. The Kier molecular flexibility index (Phi) is 2.61. The second-order valence-corrected chi connectivity index (χ2v) is 4.54. The maximum atomic E-state index is 9.82. The van der Waals surface area contributed by atoms with Gasteiger partial charge in [0.15, 0.2) is 0 Å². The number of aromatic nitrogens is 2. The molecule has 0 bridgehead atoms. The largest absolute Gasteiger partial charge is 0.390 e. The number of aliphatic hydroxyl groups is 1. The molecule has 1 N–H and O–H groups in total. The van der Waals surface area contributed by atoms with E-state index in [1.165, 1.54) is 0 Å². The van der Waals surface area contributed by atoms with E-state index >= 15 is 0 Å². The highest BCUT2D eigenvalue weighted by atomic mass is 16.3. The van der Waals surface area contributed by atoms with E-state index in [1.54, 1.807) is 0 Å².